The third-order valence-electron chi connectivity index (χ3n) is 4.63. The van der Waals surface area contributed by atoms with E-state index in [-0.39, 0.29) is 11.8 Å². The van der Waals surface area contributed by atoms with E-state index in [9.17, 15) is 4.79 Å². The van der Waals surface area contributed by atoms with E-state index in [4.69, 9.17) is 27.9 Å². The Balaban J connectivity index is 1.62. The summed E-state index contributed by atoms with van der Waals surface area (Å²) in [4.78, 5) is 15.0. The van der Waals surface area contributed by atoms with Crippen LogP contribution in [0.2, 0.25) is 10.0 Å². The summed E-state index contributed by atoms with van der Waals surface area (Å²) in [5.41, 5.74) is 1.81. The van der Waals surface area contributed by atoms with Crippen molar-refractivity contribution in [3.8, 4) is 5.75 Å². The lowest BCUT2D eigenvalue weighted by Crippen LogP contribution is -2.40. The molecule has 1 N–H and O–H groups in total. The maximum atomic E-state index is 12.7. The van der Waals surface area contributed by atoms with E-state index in [1.54, 1.807) is 7.11 Å². The predicted molar refractivity (Wildman–Crippen MR) is 106 cm³/mol. The van der Waals surface area contributed by atoms with Crippen LogP contribution in [0.5, 0.6) is 5.75 Å². The summed E-state index contributed by atoms with van der Waals surface area (Å²) in [6.07, 6.45) is 1.88. The molecule has 0 bridgehead atoms. The van der Waals surface area contributed by atoms with Gasteiger partial charge in [-0.2, -0.15) is 0 Å². The summed E-state index contributed by atoms with van der Waals surface area (Å²) in [6, 6.07) is 13.1. The molecule has 138 valence electrons. The van der Waals surface area contributed by atoms with Crippen LogP contribution in [-0.2, 0) is 11.3 Å². The summed E-state index contributed by atoms with van der Waals surface area (Å²) < 4.78 is 5.31. The Morgan fingerprint density at radius 2 is 2.04 bits per heavy atom. The standard InChI is InChI=1S/C20H22Cl2N2O2/c1-26-19-7-3-2-6-18(19)23-20(25)15-5-4-10-24(13-15)12-14-8-9-16(21)17(22)11-14/h2-3,6-9,11,15H,4-5,10,12-13H2,1H3,(H,23,25). The lowest BCUT2D eigenvalue weighted by molar-refractivity contribution is -0.121. The topological polar surface area (TPSA) is 41.6 Å². The van der Waals surface area contributed by atoms with E-state index in [2.05, 4.69) is 10.2 Å². The molecule has 2 aromatic rings. The first kappa shape index (κ1) is 19.0. The number of methoxy groups -OCH3 is 1. The monoisotopic (exact) mass is 392 g/mol. The summed E-state index contributed by atoms with van der Waals surface area (Å²) >= 11 is 12.1. The number of halogens is 2. The fourth-order valence-corrected chi connectivity index (χ4v) is 3.61. The van der Waals surface area contributed by atoms with Crippen LogP contribution in [0.4, 0.5) is 5.69 Å². The molecular formula is C20H22Cl2N2O2. The maximum Gasteiger partial charge on any atom is 0.228 e. The third kappa shape index (κ3) is 4.70. The van der Waals surface area contributed by atoms with Gasteiger partial charge in [0.15, 0.2) is 0 Å². The van der Waals surface area contributed by atoms with E-state index in [1.165, 1.54) is 0 Å². The molecular weight excluding hydrogens is 371 g/mol. The first-order valence-electron chi connectivity index (χ1n) is 8.67. The number of ether oxygens (including phenoxy) is 1. The average Bonchev–Trinajstić information content (AvgIpc) is 2.65. The highest BCUT2D eigenvalue weighted by Crippen LogP contribution is 2.27. The zero-order valence-corrected chi connectivity index (χ0v) is 16.2. The molecule has 0 spiro atoms. The molecule has 4 nitrogen and oxygen atoms in total. The molecule has 0 aromatic heterocycles. The van der Waals surface area contributed by atoms with Gasteiger partial charge in [-0.25, -0.2) is 0 Å². The summed E-state index contributed by atoms with van der Waals surface area (Å²) in [5.74, 6) is 0.661. The Kier molecular flexibility index (Phi) is 6.41. The van der Waals surface area contributed by atoms with Gasteiger partial charge in [-0.05, 0) is 49.2 Å². The minimum atomic E-state index is -0.0450. The van der Waals surface area contributed by atoms with Crippen molar-refractivity contribution in [2.75, 3.05) is 25.5 Å². The van der Waals surface area contributed by atoms with E-state index < -0.39 is 0 Å². The minimum Gasteiger partial charge on any atom is -0.495 e. The Hall–Kier alpha value is -1.75. The van der Waals surface area contributed by atoms with Crippen LogP contribution in [-0.4, -0.2) is 31.0 Å². The van der Waals surface area contributed by atoms with Crippen LogP contribution in [0.1, 0.15) is 18.4 Å². The lowest BCUT2D eigenvalue weighted by atomic mass is 9.96. The molecule has 0 saturated carbocycles. The molecule has 1 amide bonds. The van der Waals surface area contributed by atoms with Gasteiger partial charge in [-0.3, -0.25) is 9.69 Å². The maximum absolute atomic E-state index is 12.7. The molecule has 0 radical (unpaired) electrons. The van der Waals surface area contributed by atoms with Gasteiger partial charge >= 0.3 is 0 Å². The number of hydrogen-bond acceptors (Lipinski definition) is 3. The summed E-state index contributed by atoms with van der Waals surface area (Å²) in [7, 11) is 1.60. The van der Waals surface area contributed by atoms with Gasteiger partial charge in [0.1, 0.15) is 5.75 Å². The lowest BCUT2D eigenvalue weighted by Gasteiger charge is -2.32. The van der Waals surface area contributed by atoms with Crippen LogP contribution >= 0.6 is 23.2 Å². The quantitative estimate of drug-likeness (QED) is 0.790. The SMILES string of the molecule is COc1ccccc1NC(=O)C1CCCN(Cc2ccc(Cl)c(Cl)c2)C1. The van der Waals surface area contributed by atoms with E-state index in [0.29, 0.717) is 21.5 Å². The van der Waals surface area contributed by atoms with Crippen molar-refractivity contribution in [2.45, 2.75) is 19.4 Å². The van der Waals surface area contributed by atoms with Gasteiger partial charge in [0.25, 0.3) is 0 Å². The molecule has 26 heavy (non-hydrogen) atoms. The number of carbonyl (C=O) groups excluding carboxylic acids is 1. The highest BCUT2D eigenvalue weighted by atomic mass is 35.5. The number of anilines is 1. The first-order chi connectivity index (χ1) is 12.6. The molecule has 1 unspecified atom stereocenters. The van der Waals surface area contributed by atoms with Gasteiger partial charge in [0.05, 0.1) is 28.8 Å². The van der Waals surface area contributed by atoms with Crippen LogP contribution in [0, 0.1) is 5.92 Å². The average molecular weight is 393 g/mol. The number of rotatable bonds is 5. The largest absolute Gasteiger partial charge is 0.495 e. The fourth-order valence-electron chi connectivity index (χ4n) is 3.29. The highest BCUT2D eigenvalue weighted by Gasteiger charge is 2.26. The number of benzene rings is 2. The van der Waals surface area contributed by atoms with Crippen molar-refractivity contribution in [2.24, 2.45) is 5.92 Å². The van der Waals surface area contributed by atoms with Crippen molar-refractivity contribution in [3.05, 3.63) is 58.1 Å². The van der Waals surface area contributed by atoms with Crippen LogP contribution in [0.3, 0.4) is 0 Å². The van der Waals surface area contributed by atoms with E-state index in [1.807, 2.05) is 42.5 Å². The molecule has 1 saturated heterocycles. The van der Waals surface area contributed by atoms with Crippen molar-refractivity contribution in [1.82, 2.24) is 4.90 Å². The molecule has 1 aliphatic heterocycles. The van der Waals surface area contributed by atoms with Crippen molar-refractivity contribution in [3.63, 3.8) is 0 Å². The smallest absolute Gasteiger partial charge is 0.228 e. The van der Waals surface area contributed by atoms with Gasteiger partial charge in [0.2, 0.25) is 5.91 Å². The highest BCUT2D eigenvalue weighted by molar-refractivity contribution is 6.42. The Labute approximate surface area is 164 Å². The zero-order valence-electron chi connectivity index (χ0n) is 14.7. The number of piperidine rings is 1. The molecule has 0 aliphatic carbocycles. The Morgan fingerprint density at radius 1 is 1.23 bits per heavy atom. The molecule has 6 heteroatoms. The number of carbonyl (C=O) groups is 1. The van der Waals surface area contributed by atoms with Crippen LogP contribution in [0.15, 0.2) is 42.5 Å². The molecule has 1 aliphatic rings. The molecule has 1 fully saturated rings. The second-order valence-corrected chi connectivity index (χ2v) is 7.33. The molecule has 1 atom stereocenters. The number of amides is 1. The number of nitrogens with zero attached hydrogens (tertiary/aromatic N) is 1. The van der Waals surface area contributed by atoms with Gasteiger partial charge in [-0.1, -0.05) is 41.4 Å². The van der Waals surface area contributed by atoms with Crippen molar-refractivity contribution in [1.29, 1.82) is 0 Å². The Morgan fingerprint density at radius 3 is 2.81 bits per heavy atom. The second kappa shape index (κ2) is 8.76. The summed E-state index contributed by atoms with van der Waals surface area (Å²) in [6.45, 7) is 2.45. The van der Waals surface area contributed by atoms with Gasteiger partial charge in [-0.15, -0.1) is 0 Å². The van der Waals surface area contributed by atoms with Gasteiger partial charge in [0, 0.05) is 13.1 Å². The van der Waals surface area contributed by atoms with E-state index >= 15 is 0 Å². The third-order valence-corrected chi connectivity index (χ3v) is 5.37. The first-order valence-corrected chi connectivity index (χ1v) is 9.42. The molecule has 1 heterocycles. The van der Waals surface area contributed by atoms with Crippen molar-refractivity contribution < 1.29 is 9.53 Å². The van der Waals surface area contributed by atoms with Crippen molar-refractivity contribution >= 4 is 34.8 Å². The van der Waals surface area contributed by atoms with Gasteiger partial charge < -0.3 is 10.1 Å². The number of hydrogen-bond donors (Lipinski definition) is 1. The molecule has 3 rings (SSSR count). The predicted octanol–water partition coefficient (Wildman–Crippen LogP) is 4.85. The van der Waals surface area contributed by atoms with E-state index in [0.717, 1.165) is 38.0 Å². The number of para-hydroxylation sites is 2. The minimum absolute atomic E-state index is 0.0355. The Bertz CT molecular complexity index is 782. The zero-order chi connectivity index (χ0) is 18.5. The summed E-state index contributed by atoms with van der Waals surface area (Å²) in [5, 5.41) is 4.12. The second-order valence-electron chi connectivity index (χ2n) is 6.51. The number of likely N-dealkylation sites (tertiary alicyclic amines) is 1. The number of nitrogens with one attached hydrogen (secondary N) is 1. The van der Waals surface area contributed by atoms with Crippen LogP contribution < -0.4 is 10.1 Å². The van der Waals surface area contributed by atoms with Crippen LogP contribution in [0.25, 0.3) is 0 Å². The normalized spacial score (nSPS) is 17.7. The fraction of sp³-hybridized carbons (Fsp3) is 0.350. The molecule has 2 aromatic carbocycles.